The van der Waals surface area contributed by atoms with Crippen LogP contribution in [-0.4, -0.2) is 105 Å². The van der Waals surface area contributed by atoms with Crippen LogP contribution in [0.1, 0.15) is 26.7 Å². The van der Waals surface area contributed by atoms with Crippen LogP contribution in [0.15, 0.2) is 0 Å². The molecule has 0 N–H and O–H groups in total. The van der Waals surface area contributed by atoms with Crippen LogP contribution in [0.3, 0.4) is 0 Å². The molecular weight excluding hydrogens is 322 g/mol. The van der Waals surface area contributed by atoms with Gasteiger partial charge in [-0.1, -0.05) is 13.8 Å². The lowest BCUT2D eigenvalue weighted by Crippen LogP contribution is -2.46. The van der Waals surface area contributed by atoms with Gasteiger partial charge >= 0.3 is 8.80 Å². The minimum absolute atomic E-state index is 0.837. The molecule has 146 valence electrons. The van der Waals surface area contributed by atoms with Crippen molar-refractivity contribution in [3.05, 3.63) is 0 Å². The van der Waals surface area contributed by atoms with Crippen molar-refractivity contribution in [2.75, 3.05) is 81.2 Å². The van der Waals surface area contributed by atoms with Gasteiger partial charge in [0.15, 0.2) is 0 Å². The second-order valence-electron chi connectivity index (χ2n) is 6.39. The number of nitrogens with zero attached hydrogens (tertiary/aromatic N) is 3. The lowest BCUT2D eigenvalue weighted by molar-refractivity contribution is 0.117. The van der Waals surface area contributed by atoms with Gasteiger partial charge in [-0.2, -0.15) is 0 Å². The Kier molecular flexibility index (Phi) is 14.2. The van der Waals surface area contributed by atoms with E-state index in [1.807, 2.05) is 0 Å². The van der Waals surface area contributed by atoms with Gasteiger partial charge in [-0.25, -0.2) is 0 Å². The quantitative estimate of drug-likeness (QED) is 0.390. The molecule has 0 amide bonds. The van der Waals surface area contributed by atoms with Crippen molar-refractivity contribution in [3.63, 3.8) is 0 Å². The Morgan fingerprint density at radius 1 is 0.667 bits per heavy atom. The van der Waals surface area contributed by atoms with E-state index in [1.54, 1.807) is 21.3 Å². The predicted molar refractivity (Wildman–Crippen MR) is 104 cm³/mol. The largest absolute Gasteiger partial charge is 0.501 e. The molecule has 0 aliphatic carbocycles. The maximum absolute atomic E-state index is 5.56. The molecule has 0 radical (unpaired) electrons. The van der Waals surface area contributed by atoms with E-state index < -0.39 is 8.80 Å². The highest BCUT2D eigenvalue weighted by atomic mass is 28.4. The maximum atomic E-state index is 5.56. The van der Waals surface area contributed by atoms with E-state index in [4.69, 9.17) is 13.3 Å². The fourth-order valence-corrected chi connectivity index (χ4v) is 4.33. The van der Waals surface area contributed by atoms with Gasteiger partial charge in [-0.3, -0.25) is 0 Å². The monoisotopic (exact) mass is 363 g/mol. The molecule has 6 nitrogen and oxygen atoms in total. The molecule has 0 unspecified atom stereocenters. The van der Waals surface area contributed by atoms with Crippen molar-refractivity contribution in [2.24, 2.45) is 0 Å². The third-order valence-electron chi connectivity index (χ3n) is 4.78. The van der Waals surface area contributed by atoms with Crippen LogP contribution in [-0.2, 0) is 13.3 Å². The average molecular weight is 364 g/mol. The molecule has 0 heterocycles. The first-order valence-electron chi connectivity index (χ1n) is 9.21. The normalized spacial score (nSPS) is 12.8. The van der Waals surface area contributed by atoms with Gasteiger partial charge < -0.3 is 28.0 Å². The van der Waals surface area contributed by atoms with Crippen LogP contribution in [0.4, 0.5) is 0 Å². The minimum atomic E-state index is -2.48. The highest BCUT2D eigenvalue weighted by Gasteiger charge is 2.37. The molecule has 0 atom stereocenters. The molecule has 0 spiro atoms. The van der Waals surface area contributed by atoms with Crippen molar-refractivity contribution >= 4 is 8.80 Å². The van der Waals surface area contributed by atoms with Crippen molar-refractivity contribution in [1.82, 2.24) is 14.7 Å². The highest BCUT2D eigenvalue weighted by molar-refractivity contribution is 6.60. The van der Waals surface area contributed by atoms with Gasteiger partial charge in [0, 0.05) is 33.9 Å². The van der Waals surface area contributed by atoms with E-state index in [0.29, 0.717) is 0 Å². The summed E-state index contributed by atoms with van der Waals surface area (Å²) in [5.74, 6) is 0. The first-order chi connectivity index (χ1) is 11.5. The fraction of sp³-hybridized carbons (Fsp3) is 1.00. The second kappa shape index (κ2) is 14.2. The summed E-state index contributed by atoms with van der Waals surface area (Å²) < 4.78 is 16.7. The van der Waals surface area contributed by atoms with E-state index in [9.17, 15) is 0 Å². The molecule has 0 bridgehead atoms. The Hall–Kier alpha value is -0.0231. The fourth-order valence-electron chi connectivity index (χ4n) is 2.63. The van der Waals surface area contributed by atoms with Crippen LogP contribution in [0.2, 0.25) is 6.04 Å². The number of hydrogen-bond acceptors (Lipinski definition) is 6. The summed E-state index contributed by atoms with van der Waals surface area (Å²) in [5.41, 5.74) is 0. The molecule has 0 saturated heterocycles. The first kappa shape index (κ1) is 24.0. The molecule has 0 rings (SSSR count). The van der Waals surface area contributed by atoms with Crippen LogP contribution in [0, 0.1) is 0 Å². The van der Waals surface area contributed by atoms with Gasteiger partial charge in [-0.15, -0.1) is 0 Å². The molecule has 0 aromatic carbocycles. The Bertz CT molecular complexity index is 270. The minimum Gasteiger partial charge on any atom is -0.377 e. The van der Waals surface area contributed by atoms with Gasteiger partial charge in [0.2, 0.25) is 0 Å². The van der Waals surface area contributed by atoms with Gasteiger partial charge in [0.1, 0.15) is 0 Å². The predicted octanol–water partition coefficient (Wildman–Crippen LogP) is 1.85. The van der Waals surface area contributed by atoms with E-state index in [2.05, 4.69) is 42.6 Å². The summed E-state index contributed by atoms with van der Waals surface area (Å²) in [5, 5.41) is 0. The van der Waals surface area contributed by atoms with Crippen molar-refractivity contribution in [3.8, 4) is 0 Å². The Balaban J connectivity index is 4.43. The lowest BCUT2D eigenvalue weighted by Gasteiger charge is -2.29. The summed E-state index contributed by atoms with van der Waals surface area (Å²) in [6.07, 6.45) is 2.38. The summed E-state index contributed by atoms with van der Waals surface area (Å²) in [7, 11) is 6.95. The van der Waals surface area contributed by atoms with Crippen LogP contribution in [0.25, 0.3) is 0 Å². The highest BCUT2D eigenvalue weighted by Crippen LogP contribution is 2.14. The summed E-state index contributed by atoms with van der Waals surface area (Å²) in [4.78, 5) is 7.26. The zero-order valence-corrected chi connectivity index (χ0v) is 18.1. The molecular formula is C17H41N3O3Si. The Morgan fingerprint density at radius 2 is 1.08 bits per heavy atom. The molecule has 0 aliphatic rings. The molecule has 0 saturated carbocycles. The Labute approximate surface area is 151 Å². The molecule has 24 heavy (non-hydrogen) atoms. The van der Waals surface area contributed by atoms with Crippen molar-refractivity contribution in [1.29, 1.82) is 0 Å². The van der Waals surface area contributed by atoms with E-state index in [-0.39, 0.29) is 0 Å². The van der Waals surface area contributed by atoms with Gasteiger partial charge in [0.25, 0.3) is 0 Å². The molecule has 0 aromatic rings. The lowest BCUT2D eigenvalue weighted by atomic mass is 10.3. The summed E-state index contributed by atoms with van der Waals surface area (Å²) >= 11 is 0. The zero-order valence-electron chi connectivity index (χ0n) is 17.1. The average Bonchev–Trinajstić information content (AvgIpc) is 2.62. The van der Waals surface area contributed by atoms with E-state index >= 15 is 0 Å². The smallest absolute Gasteiger partial charge is 0.377 e. The van der Waals surface area contributed by atoms with Crippen molar-refractivity contribution < 1.29 is 13.3 Å². The van der Waals surface area contributed by atoms with Crippen LogP contribution in [0.5, 0.6) is 0 Å². The van der Waals surface area contributed by atoms with Gasteiger partial charge in [0.05, 0.1) is 0 Å². The maximum Gasteiger partial charge on any atom is 0.501 e. The SMILES string of the molecule is CCN(C)CCCN(CCCN(C)CC)CC[Si](OC)(OC)OC. The van der Waals surface area contributed by atoms with Gasteiger partial charge in [-0.05, 0) is 66.2 Å². The van der Waals surface area contributed by atoms with Crippen molar-refractivity contribution in [2.45, 2.75) is 32.7 Å². The standard InChI is InChI=1S/C17H41N3O3Si/c1-8-18(3)12-10-14-20(15-11-13-19(4)9-2)16-17-24(21-5,22-6)23-7/h8-17H2,1-7H3. The molecule has 0 aliphatic heterocycles. The third kappa shape index (κ3) is 10.1. The molecule has 0 fully saturated rings. The zero-order chi connectivity index (χ0) is 18.4. The topological polar surface area (TPSA) is 37.4 Å². The molecule has 7 heteroatoms. The van der Waals surface area contributed by atoms with E-state index in [0.717, 1.165) is 51.9 Å². The van der Waals surface area contributed by atoms with E-state index in [1.165, 1.54) is 12.8 Å². The van der Waals surface area contributed by atoms with Crippen LogP contribution < -0.4 is 0 Å². The summed E-state index contributed by atoms with van der Waals surface area (Å²) in [6.45, 7) is 12.1. The first-order valence-corrected chi connectivity index (χ1v) is 11.1. The second-order valence-corrected chi connectivity index (χ2v) is 9.48. The Morgan fingerprint density at radius 3 is 1.42 bits per heavy atom. The third-order valence-corrected chi connectivity index (χ3v) is 7.48. The number of rotatable bonds is 16. The molecule has 0 aromatic heterocycles. The number of hydrogen-bond donors (Lipinski definition) is 0. The summed E-state index contributed by atoms with van der Waals surface area (Å²) in [6, 6.07) is 0.837. The van der Waals surface area contributed by atoms with Crippen LogP contribution >= 0.6 is 0 Å².